The number of hydrogen-bond donors (Lipinski definition) is 1. The zero-order chi connectivity index (χ0) is 18.7. The van der Waals surface area contributed by atoms with E-state index in [2.05, 4.69) is 38.2 Å². The van der Waals surface area contributed by atoms with Crippen LogP contribution in [0.4, 0.5) is 5.82 Å². The van der Waals surface area contributed by atoms with Crippen LogP contribution in [0.2, 0.25) is 0 Å². The molecular formula is C19H28N6O. The van der Waals surface area contributed by atoms with Gasteiger partial charge in [-0.2, -0.15) is 0 Å². The van der Waals surface area contributed by atoms with Crippen LogP contribution in [0.3, 0.4) is 0 Å². The molecule has 2 aromatic heterocycles. The Bertz CT molecular complexity index is 791. The van der Waals surface area contributed by atoms with Crippen LogP contribution in [0.15, 0.2) is 12.4 Å². The van der Waals surface area contributed by atoms with Crippen molar-refractivity contribution in [1.29, 1.82) is 0 Å². The first-order valence-corrected chi connectivity index (χ1v) is 9.22. The van der Waals surface area contributed by atoms with Crippen LogP contribution < -0.4 is 5.32 Å². The maximum Gasteiger partial charge on any atom is 0.222 e. The zero-order valence-corrected chi connectivity index (χ0v) is 16.1. The van der Waals surface area contributed by atoms with Crippen molar-refractivity contribution in [3.63, 3.8) is 0 Å². The van der Waals surface area contributed by atoms with E-state index >= 15 is 0 Å². The van der Waals surface area contributed by atoms with Gasteiger partial charge in [0.2, 0.25) is 5.91 Å². The Kier molecular flexibility index (Phi) is 5.66. The van der Waals surface area contributed by atoms with Gasteiger partial charge in [-0.15, -0.1) is 0 Å². The van der Waals surface area contributed by atoms with E-state index in [1.54, 1.807) is 6.33 Å². The first kappa shape index (κ1) is 18.5. The lowest BCUT2D eigenvalue weighted by atomic mass is 10.1. The van der Waals surface area contributed by atoms with Crippen molar-refractivity contribution in [2.24, 2.45) is 0 Å². The van der Waals surface area contributed by atoms with Crippen LogP contribution in [-0.2, 0) is 4.79 Å². The average Bonchev–Trinajstić information content (AvgIpc) is 2.92. The minimum atomic E-state index is 0.278. The van der Waals surface area contributed by atoms with E-state index < -0.39 is 0 Å². The molecule has 140 valence electrons. The molecule has 7 heteroatoms. The van der Waals surface area contributed by atoms with Crippen LogP contribution in [0.1, 0.15) is 30.5 Å². The molecule has 1 atom stereocenters. The van der Waals surface area contributed by atoms with Crippen molar-refractivity contribution in [2.75, 3.05) is 39.0 Å². The number of likely N-dealkylation sites (tertiary alicyclic amines) is 1. The first-order chi connectivity index (χ1) is 12.5. The van der Waals surface area contributed by atoms with Crippen molar-refractivity contribution in [3.05, 3.63) is 23.7 Å². The van der Waals surface area contributed by atoms with Crippen LogP contribution in [0, 0.1) is 13.8 Å². The zero-order valence-electron chi connectivity index (χ0n) is 16.1. The maximum absolute atomic E-state index is 12.1. The molecule has 0 saturated carbocycles. The number of carbonyl (C=O) groups excluding carboxylic acids is 1. The number of aromatic nitrogens is 3. The van der Waals surface area contributed by atoms with Crippen LogP contribution in [0.25, 0.3) is 11.0 Å². The summed E-state index contributed by atoms with van der Waals surface area (Å²) < 4.78 is 0. The highest BCUT2D eigenvalue weighted by molar-refractivity contribution is 5.89. The second-order valence-corrected chi connectivity index (χ2v) is 7.30. The molecule has 1 amide bonds. The Labute approximate surface area is 154 Å². The molecule has 3 heterocycles. The minimum Gasteiger partial charge on any atom is -0.369 e. The summed E-state index contributed by atoms with van der Waals surface area (Å²) in [6.45, 7) is 6.51. The van der Waals surface area contributed by atoms with Gasteiger partial charge in [0, 0.05) is 37.8 Å². The lowest BCUT2D eigenvalue weighted by Gasteiger charge is -2.26. The summed E-state index contributed by atoms with van der Waals surface area (Å²) in [5.74, 6) is 1.10. The van der Waals surface area contributed by atoms with Gasteiger partial charge in [-0.1, -0.05) is 0 Å². The van der Waals surface area contributed by atoms with E-state index in [0.717, 1.165) is 60.6 Å². The molecule has 0 bridgehead atoms. The van der Waals surface area contributed by atoms with Crippen LogP contribution >= 0.6 is 0 Å². The quantitative estimate of drug-likeness (QED) is 0.818. The second kappa shape index (κ2) is 7.95. The first-order valence-electron chi connectivity index (χ1n) is 9.22. The van der Waals surface area contributed by atoms with Gasteiger partial charge in [0.05, 0.1) is 5.39 Å². The highest BCUT2D eigenvalue weighted by Gasteiger charge is 2.30. The summed E-state index contributed by atoms with van der Waals surface area (Å²) in [5, 5.41) is 4.41. The standard InChI is InChI=1S/C19H28N6O/c1-13-11-14(2)23-19-17(13)18(21-12-22-19)20-8-7-15-5-6-16(26)25(15)10-9-24(3)4/h11-12,15H,5-10H2,1-4H3,(H,20,21,22,23). The molecule has 1 saturated heterocycles. The van der Waals surface area contributed by atoms with Gasteiger partial charge in [0.15, 0.2) is 5.65 Å². The predicted octanol–water partition coefficient (Wildman–Crippen LogP) is 2.00. The van der Waals surface area contributed by atoms with E-state index in [9.17, 15) is 4.79 Å². The smallest absolute Gasteiger partial charge is 0.222 e. The molecule has 0 aliphatic carbocycles. The summed E-state index contributed by atoms with van der Waals surface area (Å²) in [6.07, 6.45) is 4.08. The van der Waals surface area contributed by atoms with Crippen molar-refractivity contribution in [2.45, 2.75) is 39.2 Å². The number of anilines is 1. The molecule has 1 aliphatic rings. The topological polar surface area (TPSA) is 74.2 Å². The third-order valence-corrected chi connectivity index (χ3v) is 4.94. The fraction of sp³-hybridized carbons (Fsp3) is 0.579. The Morgan fingerprint density at radius 1 is 1.31 bits per heavy atom. The largest absolute Gasteiger partial charge is 0.369 e. The Morgan fingerprint density at radius 2 is 2.12 bits per heavy atom. The number of nitrogens with zero attached hydrogens (tertiary/aromatic N) is 5. The number of likely N-dealkylation sites (N-methyl/N-ethyl adjacent to an activating group) is 1. The summed E-state index contributed by atoms with van der Waals surface area (Å²) >= 11 is 0. The lowest BCUT2D eigenvalue weighted by molar-refractivity contribution is -0.129. The molecular weight excluding hydrogens is 328 g/mol. The van der Waals surface area contributed by atoms with E-state index in [0.29, 0.717) is 12.5 Å². The van der Waals surface area contributed by atoms with E-state index in [1.165, 1.54) is 0 Å². The van der Waals surface area contributed by atoms with Gasteiger partial charge >= 0.3 is 0 Å². The van der Waals surface area contributed by atoms with Gasteiger partial charge in [-0.05, 0) is 52.4 Å². The number of fused-ring (bicyclic) bond motifs is 1. The van der Waals surface area contributed by atoms with Gasteiger partial charge < -0.3 is 15.1 Å². The molecule has 1 fully saturated rings. The van der Waals surface area contributed by atoms with Crippen molar-refractivity contribution >= 4 is 22.8 Å². The second-order valence-electron chi connectivity index (χ2n) is 7.30. The number of aryl methyl sites for hydroxylation is 2. The van der Waals surface area contributed by atoms with Gasteiger partial charge in [0.1, 0.15) is 12.1 Å². The van der Waals surface area contributed by atoms with E-state index in [1.807, 2.05) is 25.9 Å². The minimum absolute atomic E-state index is 0.278. The Hall–Kier alpha value is -2.28. The molecule has 2 aromatic rings. The molecule has 0 aromatic carbocycles. The number of hydrogen-bond acceptors (Lipinski definition) is 6. The molecule has 0 spiro atoms. The number of rotatable bonds is 7. The highest BCUT2D eigenvalue weighted by Crippen LogP contribution is 2.24. The van der Waals surface area contributed by atoms with Gasteiger partial charge in [-0.25, -0.2) is 15.0 Å². The maximum atomic E-state index is 12.1. The van der Waals surface area contributed by atoms with Gasteiger partial charge in [0.25, 0.3) is 0 Å². The SMILES string of the molecule is Cc1cc(C)c2c(NCCC3CCC(=O)N3CCN(C)C)ncnc2n1. The molecule has 3 rings (SSSR count). The number of pyridine rings is 1. The molecule has 1 aliphatic heterocycles. The fourth-order valence-corrected chi connectivity index (χ4v) is 3.61. The summed E-state index contributed by atoms with van der Waals surface area (Å²) in [6, 6.07) is 2.36. The summed E-state index contributed by atoms with van der Waals surface area (Å²) in [5.41, 5.74) is 2.81. The molecule has 1 N–H and O–H groups in total. The van der Waals surface area contributed by atoms with Crippen molar-refractivity contribution in [3.8, 4) is 0 Å². The molecule has 26 heavy (non-hydrogen) atoms. The van der Waals surface area contributed by atoms with E-state index in [4.69, 9.17) is 0 Å². The Morgan fingerprint density at radius 3 is 2.88 bits per heavy atom. The van der Waals surface area contributed by atoms with Crippen LogP contribution in [0.5, 0.6) is 0 Å². The third kappa shape index (κ3) is 4.09. The number of nitrogens with one attached hydrogen (secondary N) is 1. The van der Waals surface area contributed by atoms with Gasteiger partial charge in [-0.3, -0.25) is 4.79 Å². The number of carbonyl (C=O) groups is 1. The lowest BCUT2D eigenvalue weighted by Crippen LogP contribution is -2.39. The summed E-state index contributed by atoms with van der Waals surface area (Å²) in [7, 11) is 4.07. The van der Waals surface area contributed by atoms with Crippen molar-refractivity contribution < 1.29 is 4.79 Å². The third-order valence-electron chi connectivity index (χ3n) is 4.94. The molecule has 7 nitrogen and oxygen atoms in total. The fourth-order valence-electron chi connectivity index (χ4n) is 3.61. The predicted molar refractivity (Wildman–Crippen MR) is 103 cm³/mol. The van der Waals surface area contributed by atoms with Crippen LogP contribution in [-0.4, -0.2) is 70.4 Å². The van der Waals surface area contributed by atoms with E-state index in [-0.39, 0.29) is 5.91 Å². The highest BCUT2D eigenvalue weighted by atomic mass is 16.2. The monoisotopic (exact) mass is 356 g/mol. The molecule has 1 unspecified atom stereocenters. The summed E-state index contributed by atoms with van der Waals surface area (Å²) in [4.78, 5) is 29.5. The average molecular weight is 356 g/mol. The Balaban J connectivity index is 1.65. The van der Waals surface area contributed by atoms with Crippen molar-refractivity contribution in [1.82, 2.24) is 24.8 Å². The normalized spacial score (nSPS) is 17.5. The number of amides is 1. The molecule has 0 radical (unpaired) electrons.